The van der Waals surface area contributed by atoms with Gasteiger partial charge in [-0.2, -0.15) is 0 Å². The molecule has 0 aliphatic rings. The third-order valence-corrected chi connectivity index (χ3v) is 6.26. The van der Waals surface area contributed by atoms with Gasteiger partial charge in [0.25, 0.3) is 0 Å². The fraction of sp³-hybridized carbons (Fsp3) is 0.200. The molecule has 0 aromatic heterocycles. The third kappa shape index (κ3) is 6.26. The zero-order valence-corrected chi connectivity index (χ0v) is 19.8. The Balaban J connectivity index is 1.96. The largest absolute Gasteiger partial charge is 0.357 e. The normalized spacial score (nSPS) is 11.6. The van der Waals surface area contributed by atoms with Gasteiger partial charge in [0.15, 0.2) is 0 Å². The number of halogens is 3. The Hall–Kier alpha value is -2.53. The molecule has 0 heterocycles. The molecular weight excluding hydrogens is 467 g/mol. The van der Waals surface area contributed by atoms with E-state index >= 15 is 0 Å². The molecule has 3 aromatic rings. The Kier molecular flexibility index (Phi) is 8.57. The number of rotatable bonds is 8. The number of carbonyl (C=O) groups is 2. The van der Waals surface area contributed by atoms with Gasteiger partial charge in [-0.05, 0) is 34.9 Å². The third-order valence-electron chi connectivity index (χ3n) is 5.16. The average molecular weight is 490 g/mol. The molecule has 7 heteroatoms. The molecule has 3 rings (SSSR count). The second-order valence-electron chi connectivity index (χ2n) is 7.36. The molecule has 0 bridgehead atoms. The topological polar surface area (TPSA) is 49.4 Å². The van der Waals surface area contributed by atoms with Crippen LogP contribution in [0.25, 0.3) is 0 Å². The van der Waals surface area contributed by atoms with Crippen molar-refractivity contribution in [1.82, 2.24) is 10.2 Å². The van der Waals surface area contributed by atoms with Gasteiger partial charge >= 0.3 is 0 Å². The molecule has 0 saturated heterocycles. The second-order valence-corrected chi connectivity index (χ2v) is 8.58. The number of carbonyl (C=O) groups excluding carboxylic acids is 2. The van der Waals surface area contributed by atoms with Gasteiger partial charge in [0.1, 0.15) is 6.04 Å². The maximum absolute atomic E-state index is 13.5. The van der Waals surface area contributed by atoms with Crippen LogP contribution in [0.15, 0.2) is 72.8 Å². The minimum atomic E-state index is -0.714. The first kappa shape index (κ1) is 24.1. The zero-order chi connectivity index (χ0) is 23.1. The first-order chi connectivity index (χ1) is 15.4. The summed E-state index contributed by atoms with van der Waals surface area (Å²) >= 11 is 18.5. The fourth-order valence-electron chi connectivity index (χ4n) is 3.46. The van der Waals surface area contributed by atoms with Crippen molar-refractivity contribution in [1.29, 1.82) is 0 Å². The van der Waals surface area contributed by atoms with E-state index in [2.05, 4.69) is 5.32 Å². The van der Waals surface area contributed by atoms with E-state index < -0.39 is 6.04 Å². The lowest BCUT2D eigenvalue weighted by Crippen LogP contribution is -2.50. The van der Waals surface area contributed by atoms with Crippen LogP contribution in [0, 0.1) is 0 Å². The fourth-order valence-corrected chi connectivity index (χ4v) is 3.97. The molecule has 4 nitrogen and oxygen atoms in total. The van der Waals surface area contributed by atoms with E-state index in [0.717, 1.165) is 11.1 Å². The van der Waals surface area contributed by atoms with Crippen molar-refractivity contribution in [2.75, 3.05) is 7.05 Å². The Morgan fingerprint density at radius 3 is 2.19 bits per heavy atom. The highest BCUT2D eigenvalue weighted by Crippen LogP contribution is 2.25. The summed E-state index contributed by atoms with van der Waals surface area (Å²) in [4.78, 5) is 28.0. The van der Waals surface area contributed by atoms with Crippen molar-refractivity contribution in [3.63, 3.8) is 0 Å². The molecule has 166 valence electrons. The van der Waals surface area contributed by atoms with E-state index in [1.807, 2.05) is 48.5 Å². The van der Waals surface area contributed by atoms with E-state index in [-0.39, 0.29) is 24.8 Å². The molecule has 0 radical (unpaired) electrons. The van der Waals surface area contributed by atoms with Crippen molar-refractivity contribution in [3.8, 4) is 0 Å². The molecule has 0 fully saturated rings. The minimum Gasteiger partial charge on any atom is -0.357 e. The molecule has 0 aliphatic heterocycles. The number of likely N-dealkylation sites (N-methyl/N-ethyl adjacent to an activating group) is 1. The SMILES string of the molecule is CNC(=O)[C@@H](Cc1ccccc1)N(Cc1ccccc1Cl)C(=O)Cc1ccc(Cl)c(Cl)c1. The quantitative estimate of drug-likeness (QED) is 0.449. The van der Waals surface area contributed by atoms with E-state index in [0.29, 0.717) is 27.1 Å². The summed E-state index contributed by atoms with van der Waals surface area (Å²) in [6, 6.07) is 21.3. The van der Waals surface area contributed by atoms with Crippen LogP contribution in [0.4, 0.5) is 0 Å². The molecule has 0 aliphatic carbocycles. The molecule has 3 aromatic carbocycles. The summed E-state index contributed by atoms with van der Waals surface area (Å²) in [5.74, 6) is -0.462. The molecule has 1 N–H and O–H groups in total. The highest BCUT2D eigenvalue weighted by Gasteiger charge is 2.30. The van der Waals surface area contributed by atoms with E-state index in [1.165, 1.54) is 0 Å². The average Bonchev–Trinajstić information content (AvgIpc) is 2.80. The Bertz CT molecular complexity index is 1090. The second kappa shape index (κ2) is 11.4. The van der Waals surface area contributed by atoms with Crippen LogP contribution in [-0.2, 0) is 29.0 Å². The minimum absolute atomic E-state index is 0.0730. The first-order valence-corrected chi connectivity index (χ1v) is 11.2. The lowest BCUT2D eigenvalue weighted by Gasteiger charge is -2.31. The number of benzene rings is 3. The van der Waals surface area contributed by atoms with Gasteiger partial charge in [0, 0.05) is 25.0 Å². The Morgan fingerprint density at radius 1 is 0.844 bits per heavy atom. The summed E-state index contributed by atoms with van der Waals surface area (Å²) in [7, 11) is 1.57. The van der Waals surface area contributed by atoms with Crippen LogP contribution < -0.4 is 5.32 Å². The summed E-state index contributed by atoms with van der Waals surface area (Å²) in [5, 5.41) is 4.03. The lowest BCUT2D eigenvalue weighted by atomic mass is 10.0. The van der Waals surface area contributed by atoms with Gasteiger partial charge in [-0.1, -0.05) is 89.4 Å². The summed E-state index contributed by atoms with van der Waals surface area (Å²) < 4.78 is 0. The lowest BCUT2D eigenvalue weighted by molar-refractivity contribution is -0.140. The molecule has 2 amide bonds. The van der Waals surface area contributed by atoms with Crippen molar-refractivity contribution < 1.29 is 9.59 Å². The molecule has 32 heavy (non-hydrogen) atoms. The van der Waals surface area contributed by atoms with Gasteiger partial charge in [-0.25, -0.2) is 0 Å². The predicted molar refractivity (Wildman–Crippen MR) is 130 cm³/mol. The summed E-state index contributed by atoms with van der Waals surface area (Å²) in [6.45, 7) is 0.199. The molecule has 0 unspecified atom stereocenters. The van der Waals surface area contributed by atoms with Gasteiger partial charge < -0.3 is 10.2 Å². The Morgan fingerprint density at radius 2 is 1.53 bits per heavy atom. The van der Waals surface area contributed by atoms with E-state index in [9.17, 15) is 9.59 Å². The predicted octanol–water partition coefficient (Wildman–Crippen LogP) is 5.58. The van der Waals surface area contributed by atoms with E-state index in [4.69, 9.17) is 34.8 Å². The number of nitrogens with one attached hydrogen (secondary N) is 1. The van der Waals surface area contributed by atoms with Gasteiger partial charge in [0.05, 0.1) is 16.5 Å². The van der Waals surface area contributed by atoms with Crippen LogP contribution in [0.5, 0.6) is 0 Å². The summed E-state index contributed by atoms with van der Waals surface area (Å²) in [5.41, 5.74) is 2.43. The highest BCUT2D eigenvalue weighted by molar-refractivity contribution is 6.42. The molecular formula is C25H23Cl3N2O2. The number of nitrogens with zero attached hydrogens (tertiary/aromatic N) is 1. The molecule has 0 saturated carbocycles. The Labute approximate surface area is 203 Å². The van der Waals surface area contributed by atoms with Gasteiger partial charge in [0.2, 0.25) is 11.8 Å². The number of amides is 2. The van der Waals surface area contributed by atoms with Crippen molar-refractivity contribution in [3.05, 3.63) is 105 Å². The summed E-state index contributed by atoms with van der Waals surface area (Å²) in [6.07, 6.45) is 0.446. The first-order valence-electron chi connectivity index (χ1n) is 10.1. The smallest absolute Gasteiger partial charge is 0.242 e. The molecule has 1 atom stereocenters. The van der Waals surface area contributed by atoms with Crippen LogP contribution >= 0.6 is 34.8 Å². The standard InChI is InChI=1S/C25H23Cl3N2O2/c1-29-25(32)23(14-17-7-3-2-4-8-17)30(16-19-9-5-6-10-20(19)26)24(31)15-18-11-12-21(27)22(28)13-18/h2-13,23H,14-16H2,1H3,(H,29,32)/t23-/m1/s1. The van der Waals surface area contributed by atoms with Crippen LogP contribution in [-0.4, -0.2) is 29.8 Å². The highest BCUT2D eigenvalue weighted by atomic mass is 35.5. The van der Waals surface area contributed by atoms with Crippen molar-refractivity contribution in [2.45, 2.75) is 25.4 Å². The van der Waals surface area contributed by atoms with Crippen molar-refractivity contribution in [2.24, 2.45) is 0 Å². The maximum Gasteiger partial charge on any atom is 0.242 e. The molecule has 0 spiro atoms. The van der Waals surface area contributed by atoms with Crippen LogP contribution in [0.2, 0.25) is 15.1 Å². The van der Waals surface area contributed by atoms with Crippen molar-refractivity contribution >= 4 is 46.6 Å². The van der Waals surface area contributed by atoms with Gasteiger partial charge in [-0.15, -0.1) is 0 Å². The van der Waals surface area contributed by atoms with Gasteiger partial charge in [-0.3, -0.25) is 9.59 Å². The van der Waals surface area contributed by atoms with Crippen LogP contribution in [0.1, 0.15) is 16.7 Å². The maximum atomic E-state index is 13.5. The number of hydrogen-bond acceptors (Lipinski definition) is 2. The van der Waals surface area contributed by atoms with E-state index in [1.54, 1.807) is 36.2 Å². The zero-order valence-electron chi connectivity index (χ0n) is 17.5. The monoisotopic (exact) mass is 488 g/mol. The number of hydrogen-bond donors (Lipinski definition) is 1. The van der Waals surface area contributed by atoms with Crippen LogP contribution in [0.3, 0.4) is 0 Å².